The van der Waals surface area contributed by atoms with Gasteiger partial charge in [-0.1, -0.05) is 61.2 Å². The zero-order valence-corrected chi connectivity index (χ0v) is 14.2. The number of hydrogen-bond donors (Lipinski definition) is 0. The van der Waals surface area contributed by atoms with Crippen LogP contribution in [0.25, 0.3) is 0 Å². The molecule has 0 atom stereocenters. The lowest BCUT2D eigenvalue weighted by Crippen LogP contribution is -1.99. The molecule has 0 radical (unpaired) electrons. The van der Waals surface area contributed by atoms with Crippen molar-refractivity contribution in [1.82, 2.24) is 0 Å². The van der Waals surface area contributed by atoms with Gasteiger partial charge in [0, 0.05) is 15.4 Å². The van der Waals surface area contributed by atoms with Crippen LogP contribution in [0.15, 0.2) is 40.9 Å². The van der Waals surface area contributed by atoms with Gasteiger partial charge >= 0.3 is 0 Å². The summed E-state index contributed by atoms with van der Waals surface area (Å²) in [7, 11) is 0. The summed E-state index contributed by atoms with van der Waals surface area (Å²) in [5.41, 5.74) is 4.91. The van der Waals surface area contributed by atoms with Gasteiger partial charge in [0.15, 0.2) is 0 Å². The summed E-state index contributed by atoms with van der Waals surface area (Å²) in [6, 6.07) is 12.6. The van der Waals surface area contributed by atoms with Crippen molar-refractivity contribution in [2.75, 3.05) is 0 Å². The van der Waals surface area contributed by atoms with Gasteiger partial charge in [0.05, 0.1) is 0 Å². The minimum atomic E-state index is 0.601. The van der Waals surface area contributed by atoms with Crippen LogP contribution < -0.4 is 4.74 Å². The van der Waals surface area contributed by atoms with E-state index in [2.05, 4.69) is 70.0 Å². The molecule has 19 heavy (non-hydrogen) atoms. The van der Waals surface area contributed by atoms with Gasteiger partial charge < -0.3 is 4.74 Å². The monoisotopic (exact) mass is 382 g/mol. The molecule has 0 bridgehead atoms. The lowest BCUT2D eigenvalue weighted by Gasteiger charge is -2.11. The molecule has 0 aliphatic carbocycles. The first-order valence-electron chi connectivity index (χ1n) is 6.13. The van der Waals surface area contributed by atoms with E-state index in [4.69, 9.17) is 4.74 Å². The highest BCUT2D eigenvalue weighted by Crippen LogP contribution is 2.26. The Balaban J connectivity index is 2.14. The summed E-state index contributed by atoms with van der Waals surface area (Å²) in [6.45, 7) is 4.82. The normalized spacial score (nSPS) is 10.5. The summed E-state index contributed by atoms with van der Waals surface area (Å²) in [4.78, 5) is 0. The van der Waals surface area contributed by atoms with Crippen molar-refractivity contribution in [1.29, 1.82) is 0 Å². The van der Waals surface area contributed by atoms with Crippen LogP contribution >= 0.6 is 31.9 Å². The number of alkyl halides is 1. The molecule has 3 heteroatoms. The lowest BCUT2D eigenvalue weighted by atomic mass is 10.1. The molecule has 0 amide bonds. The number of ether oxygens (including phenoxy) is 1. The highest BCUT2D eigenvalue weighted by Gasteiger charge is 2.04. The molecule has 2 rings (SSSR count). The van der Waals surface area contributed by atoms with Crippen molar-refractivity contribution in [2.24, 2.45) is 0 Å². The largest absolute Gasteiger partial charge is 0.489 e. The topological polar surface area (TPSA) is 9.23 Å². The van der Waals surface area contributed by atoms with Gasteiger partial charge in [0.1, 0.15) is 12.4 Å². The first kappa shape index (κ1) is 14.6. The standard InChI is InChI=1S/C16H16Br2O/c1-11-5-12(2)7-13(6-11)10-19-16-4-3-15(18)8-14(16)9-17/h3-8H,9-10H2,1-2H3. The fourth-order valence-electron chi connectivity index (χ4n) is 2.11. The first-order chi connectivity index (χ1) is 9.08. The Bertz CT molecular complexity index is 559. The second-order valence-electron chi connectivity index (χ2n) is 4.67. The molecule has 0 aliphatic heterocycles. The summed E-state index contributed by atoms with van der Waals surface area (Å²) in [5.74, 6) is 0.930. The third-order valence-corrected chi connectivity index (χ3v) is 3.94. The van der Waals surface area contributed by atoms with Crippen LogP contribution in [0.5, 0.6) is 5.75 Å². The second-order valence-corrected chi connectivity index (χ2v) is 6.15. The first-order valence-corrected chi connectivity index (χ1v) is 8.04. The zero-order valence-electron chi connectivity index (χ0n) is 11.0. The summed E-state index contributed by atoms with van der Waals surface area (Å²) in [5, 5.41) is 0.786. The van der Waals surface area contributed by atoms with Crippen LogP contribution in [0.2, 0.25) is 0 Å². The van der Waals surface area contributed by atoms with E-state index in [1.165, 1.54) is 16.7 Å². The maximum atomic E-state index is 5.93. The van der Waals surface area contributed by atoms with Gasteiger partial charge in [-0.15, -0.1) is 0 Å². The van der Waals surface area contributed by atoms with Crippen LogP contribution in [-0.2, 0) is 11.9 Å². The van der Waals surface area contributed by atoms with E-state index in [9.17, 15) is 0 Å². The van der Waals surface area contributed by atoms with Crippen molar-refractivity contribution in [3.05, 3.63) is 63.1 Å². The Morgan fingerprint density at radius 3 is 2.32 bits per heavy atom. The van der Waals surface area contributed by atoms with Crippen LogP contribution in [0, 0.1) is 13.8 Å². The van der Waals surface area contributed by atoms with Gasteiger partial charge in [-0.05, 0) is 37.6 Å². The molecule has 0 saturated carbocycles. The molecular weight excluding hydrogens is 368 g/mol. The number of aryl methyl sites for hydroxylation is 2. The minimum absolute atomic E-state index is 0.601. The summed E-state index contributed by atoms with van der Waals surface area (Å²) in [6.07, 6.45) is 0. The molecule has 1 nitrogen and oxygen atoms in total. The Labute approximate surface area is 131 Å². The lowest BCUT2D eigenvalue weighted by molar-refractivity contribution is 0.303. The minimum Gasteiger partial charge on any atom is -0.489 e. The SMILES string of the molecule is Cc1cc(C)cc(COc2ccc(Br)cc2CBr)c1. The molecule has 0 saturated heterocycles. The number of halogens is 2. The van der Waals surface area contributed by atoms with E-state index in [1.807, 2.05) is 12.1 Å². The fourth-order valence-corrected chi connectivity index (χ4v) is 2.95. The van der Waals surface area contributed by atoms with Crippen LogP contribution in [0.1, 0.15) is 22.3 Å². The number of hydrogen-bond acceptors (Lipinski definition) is 1. The Hall–Kier alpha value is -0.800. The van der Waals surface area contributed by atoms with E-state index < -0.39 is 0 Å². The van der Waals surface area contributed by atoms with E-state index >= 15 is 0 Å². The average molecular weight is 384 g/mol. The molecule has 0 N–H and O–H groups in total. The Morgan fingerprint density at radius 1 is 1.00 bits per heavy atom. The molecule has 0 aliphatic rings. The van der Waals surface area contributed by atoms with Crippen molar-refractivity contribution < 1.29 is 4.74 Å². The van der Waals surface area contributed by atoms with Gasteiger partial charge in [-0.3, -0.25) is 0 Å². The molecule has 2 aromatic carbocycles. The van der Waals surface area contributed by atoms with Crippen molar-refractivity contribution in [3.63, 3.8) is 0 Å². The summed E-state index contributed by atoms with van der Waals surface area (Å²) >= 11 is 6.97. The Morgan fingerprint density at radius 2 is 1.68 bits per heavy atom. The maximum absolute atomic E-state index is 5.93. The highest BCUT2D eigenvalue weighted by atomic mass is 79.9. The van der Waals surface area contributed by atoms with E-state index in [1.54, 1.807) is 0 Å². The second kappa shape index (κ2) is 6.58. The van der Waals surface area contributed by atoms with E-state index in [0.717, 1.165) is 21.1 Å². The quantitative estimate of drug-likeness (QED) is 0.629. The highest BCUT2D eigenvalue weighted by molar-refractivity contribution is 9.10. The van der Waals surface area contributed by atoms with E-state index in [-0.39, 0.29) is 0 Å². The molecular formula is C16H16Br2O. The van der Waals surface area contributed by atoms with Crippen molar-refractivity contribution in [2.45, 2.75) is 25.8 Å². The third kappa shape index (κ3) is 4.08. The van der Waals surface area contributed by atoms with Gasteiger partial charge in [-0.25, -0.2) is 0 Å². The van der Waals surface area contributed by atoms with Crippen molar-refractivity contribution in [3.8, 4) is 5.75 Å². The maximum Gasteiger partial charge on any atom is 0.123 e. The molecule has 0 heterocycles. The van der Waals surface area contributed by atoms with Gasteiger partial charge in [0.2, 0.25) is 0 Å². The Kier molecular flexibility index (Phi) is 5.06. The predicted molar refractivity (Wildman–Crippen MR) is 87.0 cm³/mol. The molecule has 2 aromatic rings. The van der Waals surface area contributed by atoms with Crippen LogP contribution in [0.3, 0.4) is 0 Å². The van der Waals surface area contributed by atoms with Gasteiger partial charge in [0.25, 0.3) is 0 Å². The van der Waals surface area contributed by atoms with E-state index in [0.29, 0.717) is 6.61 Å². The van der Waals surface area contributed by atoms with Crippen LogP contribution in [0.4, 0.5) is 0 Å². The van der Waals surface area contributed by atoms with Crippen LogP contribution in [-0.4, -0.2) is 0 Å². The van der Waals surface area contributed by atoms with Gasteiger partial charge in [-0.2, -0.15) is 0 Å². The average Bonchev–Trinajstić information content (AvgIpc) is 2.36. The molecule has 0 unspecified atom stereocenters. The molecule has 0 fully saturated rings. The number of rotatable bonds is 4. The van der Waals surface area contributed by atoms with Crippen molar-refractivity contribution >= 4 is 31.9 Å². The molecule has 0 aromatic heterocycles. The molecule has 100 valence electrons. The molecule has 0 spiro atoms. The zero-order chi connectivity index (χ0) is 13.8. The fraction of sp³-hybridized carbons (Fsp3) is 0.250. The smallest absolute Gasteiger partial charge is 0.123 e. The number of benzene rings is 2. The summed E-state index contributed by atoms with van der Waals surface area (Å²) < 4.78 is 7.00. The third-order valence-electron chi connectivity index (χ3n) is 2.84. The predicted octanol–water partition coefficient (Wildman–Crippen LogP) is 5.54.